The van der Waals surface area contributed by atoms with Crippen LogP contribution in [0.25, 0.3) is 0 Å². The molecule has 17 heteroatoms. The Morgan fingerprint density at radius 3 is 2.00 bits per heavy atom. The van der Waals surface area contributed by atoms with Crippen molar-refractivity contribution in [2.45, 2.75) is 76.9 Å². The fourth-order valence-electron chi connectivity index (χ4n) is 4.30. The fraction of sp³-hybridized carbons (Fsp3) is 0.562. The Morgan fingerprint density at radius 2 is 1.49 bits per heavy atom. The maximum atomic E-state index is 14.1. The maximum absolute atomic E-state index is 14.1. The van der Waals surface area contributed by atoms with Crippen molar-refractivity contribution in [3.8, 4) is 5.75 Å². The van der Waals surface area contributed by atoms with Gasteiger partial charge in [0, 0.05) is 63.2 Å². The molecule has 0 N–H and O–H groups in total. The Morgan fingerprint density at radius 1 is 0.898 bits per heavy atom. The second-order valence-electron chi connectivity index (χ2n) is 11.5. The highest BCUT2D eigenvalue weighted by Crippen LogP contribution is 2.37. The van der Waals surface area contributed by atoms with Gasteiger partial charge >= 0.3 is 30.6 Å². The molecule has 0 bridgehead atoms. The van der Waals surface area contributed by atoms with E-state index in [2.05, 4.69) is 4.74 Å². The minimum atomic E-state index is -6.38. The lowest BCUT2D eigenvalue weighted by Gasteiger charge is -2.36. The van der Waals surface area contributed by atoms with Crippen LogP contribution in [-0.2, 0) is 33.5 Å². The molecule has 0 spiro atoms. The molecule has 0 atom stereocenters. The van der Waals surface area contributed by atoms with E-state index >= 15 is 0 Å². The van der Waals surface area contributed by atoms with Crippen molar-refractivity contribution in [1.82, 2.24) is 9.80 Å². The van der Waals surface area contributed by atoms with Crippen LogP contribution in [-0.4, -0.2) is 85.6 Å². The smallest absolute Gasteiger partial charge is 0.434 e. The minimum absolute atomic E-state index is 0.0643. The Labute approximate surface area is 288 Å². The van der Waals surface area contributed by atoms with Gasteiger partial charge in [0.05, 0.1) is 18.2 Å². The van der Waals surface area contributed by atoms with Crippen LogP contribution < -0.4 is 9.64 Å². The number of hydrogen-bond acceptors (Lipinski definition) is 7. The molecular weight excluding hydrogens is 677 g/mol. The Balaban J connectivity index is 2.18. The van der Waals surface area contributed by atoms with Gasteiger partial charge in [0.2, 0.25) is 0 Å². The molecule has 0 saturated carbocycles. The lowest BCUT2D eigenvalue weighted by molar-refractivity contribution is -0.308. The van der Waals surface area contributed by atoms with Crippen molar-refractivity contribution in [3.05, 3.63) is 59.2 Å². The van der Waals surface area contributed by atoms with Crippen LogP contribution in [0, 0.1) is 0 Å². The summed E-state index contributed by atoms with van der Waals surface area (Å²) in [5.41, 5.74) is -2.55. The summed E-state index contributed by atoms with van der Waals surface area (Å²) >= 11 is 0. The van der Waals surface area contributed by atoms with Gasteiger partial charge in [-0.3, -0.25) is 9.69 Å². The number of methoxy groups -OCH3 is 1. The van der Waals surface area contributed by atoms with Crippen molar-refractivity contribution >= 4 is 17.7 Å². The summed E-state index contributed by atoms with van der Waals surface area (Å²) < 4.78 is 203. The third-order valence-corrected chi connectivity index (χ3v) is 6.43. The molecule has 2 aromatic carbocycles. The molecular formula is C32H38F9N3O5. The number of hydrogen-bond donors (Lipinski definition) is 0. The first-order valence-corrected chi connectivity index (χ1v) is 14.3. The van der Waals surface area contributed by atoms with Gasteiger partial charge in [-0.05, 0) is 62.6 Å². The summed E-state index contributed by atoms with van der Waals surface area (Å²) in [4.78, 5) is 25.2. The number of benzene rings is 2. The molecule has 0 unspecified atom stereocenters. The second kappa shape index (κ2) is 15.8. The summed E-state index contributed by atoms with van der Waals surface area (Å²) in [6, 6.07) is 7.95. The number of ether oxygens (including phenoxy) is 3. The van der Waals surface area contributed by atoms with E-state index in [1.54, 1.807) is 20.8 Å². The fourth-order valence-corrected chi connectivity index (χ4v) is 4.30. The summed E-state index contributed by atoms with van der Waals surface area (Å²) in [6.07, 6.45) is -26.1. The third kappa shape index (κ3) is 12.2. The highest BCUT2D eigenvalue weighted by Gasteiger charge is 2.60. The zero-order valence-corrected chi connectivity index (χ0v) is 26.4. The zero-order chi connectivity index (χ0) is 44.0. The minimum Gasteiger partial charge on any atom is -0.497 e. The van der Waals surface area contributed by atoms with Crippen LogP contribution in [0.2, 0.25) is 0 Å². The summed E-state index contributed by atoms with van der Waals surface area (Å²) in [5, 5.41) is 0. The molecule has 8 nitrogen and oxygen atoms in total. The van der Waals surface area contributed by atoms with Crippen molar-refractivity contribution < 1.29 is 74.3 Å². The summed E-state index contributed by atoms with van der Waals surface area (Å²) in [6.45, 7) is -13.8. The van der Waals surface area contributed by atoms with E-state index in [9.17, 15) is 49.1 Å². The topological polar surface area (TPSA) is 71.6 Å². The largest absolute Gasteiger partial charge is 0.497 e. The standard InChI is InChI=1S/C32H38F9N3O5/c1-29(2,3)49-26(45)6-5-13-44(19-21-7-11-24(47-4)12-8-21)25-18-23(30(33,34)35)10-9-22(25)20-42-14-16-43(17-15-42)28(46)48-27(31(36,37)38)32(39,40)41/h7-12,18,27H,5-6,13-17,19-20H2,1-4H3/i14D2,15D2,16D2,17D2. The van der Waals surface area contributed by atoms with Crippen LogP contribution in [0.1, 0.15) is 61.3 Å². The van der Waals surface area contributed by atoms with Crippen LogP contribution >= 0.6 is 0 Å². The molecule has 2 aromatic rings. The summed E-state index contributed by atoms with van der Waals surface area (Å²) in [7, 11) is 1.37. The molecule has 0 aromatic heterocycles. The Hall–Kier alpha value is -3.89. The van der Waals surface area contributed by atoms with Gasteiger partial charge < -0.3 is 24.0 Å². The number of carbonyl (C=O) groups excluding carboxylic acids is 2. The van der Waals surface area contributed by atoms with Crippen LogP contribution in [0.4, 0.5) is 50.0 Å². The number of esters is 1. The van der Waals surface area contributed by atoms with Crippen LogP contribution in [0.15, 0.2) is 42.5 Å². The van der Waals surface area contributed by atoms with Crippen molar-refractivity contribution in [3.63, 3.8) is 0 Å². The van der Waals surface area contributed by atoms with Crippen LogP contribution in [0.3, 0.4) is 0 Å². The average molecular weight is 724 g/mol. The van der Waals surface area contributed by atoms with Crippen LogP contribution in [0.5, 0.6) is 5.75 Å². The van der Waals surface area contributed by atoms with Gasteiger partial charge in [-0.15, -0.1) is 0 Å². The van der Waals surface area contributed by atoms with Crippen molar-refractivity contribution in [2.75, 3.05) is 44.5 Å². The predicted octanol–water partition coefficient (Wildman–Crippen LogP) is 7.59. The monoisotopic (exact) mass is 723 g/mol. The van der Waals surface area contributed by atoms with Crippen molar-refractivity contribution in [2.24, 2.45) is 0 Å². The maximum Gasteiger partial charge on any atom is 0.434 e. The number of alkyl halides is 9. The summed E-state index contributed by atoms with van der Waals surface area (Å²) in [5.74, 6) is -0.270. The van der Waals surface area contributed by atoms with Gasteiger partial charge in [-0.1, -0.05) is 18.2 Å². The molecule has 1 fully saturated rings. The first-order chi connectivity index (χ1) is 25.6. The molecule has 1 saturated heterocycles. The molecule has 1 heterocycles. The van der Waals surface area contributed by atoms with Crippen molar-refractivity contribution in [1.29, 1.82) is 0 Å². The average Bonchev–Trinajstić information content (AvgIpc) is 3.02. The lowest BCUT2D eigenvalue weighted by atomic mass is 10.0. The molecule has 0 aliphatic carbocycles. The number of carbonyl (C=O) groups is 2. The predicted molar refractivity (Wildman–Crippen MR) is 160 cm³/mol. The van der Waals surface area contributed by atoms with E-state index in [-0.39, 0.29) is 30.8 Å². The Kier molecular flexibility index (Phi) is 9.30. The van der Waals surface area contributed by atoms with Gasteiger partial charge in [0.1, 0.15) is 11.4 Å². The van der Waals surface area contributed by atoms with E-state index in [1.807, 2.05) is 0 Å². The highest BCUT2D eigenvalue weighted by atomic mass is 19.4. The normalized spacial score (nSPS) is 21.5. The number of amides is 1. The van der Waals surface area contributed by atoms with Gasteiger partial charge in [0.25, 0.3) is 6.10 Å². The van der Waals surface area contributed by atoms with Gasteiger partial charge in [-0.25, -0.2) is 4.79 Å². The third-order valence-electron chi connectivity index (χ3n) is 6.43. The molecule has 0 radical (unpaired) electrons. The van der Waals surface area contributed by atoms with Gasteiger partial charge in [0.15, 0.2) is 0 Å². The number of piperazine rings is 1. The Bertz CT molecular complexity index is 1710. The highest BCUT2D eigenvalue weighted by molar-refractivity contribution is 5.70. The van der Waals surface area contributed by atoms with E-state index in [0.717, 1.165) is 6.07 Å². The number of halogens is 9. The van der Waals surface area contributed by atoms with Gasteiger partial charge in [-0.2, -0.15) is 39.5 Å². The molecule has 49 heavy (non-hydrogen) atoms. The second-order valence-corrected chi connectivity index (χ2v) is 11.5. The molecule has 1 aliphatic rings. The molecule has 1 amide bonds. The molecule has 1 aliphatic heterocycles. The lowest BCUT2D eigenvalue weighted by Crippen LogP contribution is -2.52. The van der Waals surface area contributed by atoms with E-state index < -0.39 is 96.5 Å². The van der Waals surface area contributed by atoms with E-state index in [4.69, 9.17) is 20.4 Å². The number of nitrogens with zero attached hydrogens (tertiary/aromatic N) is 3. The quantitative estimate of drug-likeness (QED) is 0.175. The number of anilines is 1. The van der Waals surface area contributed by atoms with E-state index in [0.29, 0.717) is 23.4 Å². The first kappa shape index (κ1) is 28.9. The molecule has 3 rings (SSSR count). The SMILES string of the molecule is [2H]C1([2H])N(Cc2ccc(C(F)(F)F)cc2N(CCCC(=O)OC(C)(C)C)Cc2ccc(OC)cc2)C([2H])([2H])C([2H])([2H])N(C(=O)OC(C(F)(F)F)C(F)(F)F)C1([2H])[2H]. The first-order valence-electron chi connectivity index (χ1n) is 18.3. The molecule has 274 valence electrons. The van der Waals surface area contributed by atoms with E-state index in [1.165, 1.54) is 36.3 Å². The number of rotatable bonds is 11. The zero-order valence-electron chi connectivity index (χ0n) is 34.4.